The molecule has 0 saturated heterocycles. The molecule has 6 nitrogen and oxygen atoms in total. The SMILES string of the molecule is COc1ccc2c(c1)C=C(NC(=O)c1ccccc1)CC2.COc1ccc2c(c1)CC(NC(=O)c1ccccc1)CC2. The van der Waals surface area contributed by atoms with E-state index in [1.54, 1.807) is 14.2 Å². The molecule has 4 aromatic carbocycles. The first-order valence-corrected chi connectivity index (χ1v) is 14.3. The van der Waals surface area contributed by atoms with E-state index < -0.39 is 0 Å². The zero-order valence-corrected chi connectivity index (χ0v) is 24.1. The quantitative estimate of drug-likeness (QED) is 0.286. The maximum Gasteiger partial charge on any atom is 0.255 e. The van der Waals surface area contributed by atoms with Gasteiger partial charge in [-0.15, -0.1) is 0 Å². The lowest BCUT2D eigenvalue weighted by Gasteiger charge is -2.26. The van der Waals surface area contributed by atoms with Gasteiger partial charge < -0.3 is 20.1 Å². The summed E-state index contributed by atoms with van der Waals surface area (Å²) in [6.07, 6.45) is 6.66. The predicted octanol–water partition coefficient (Wildman–Crippen LogP) is 6.39. The van der Waals surface area contributed by atoms with E-state index in [1.165, 1.54) is 16.7 Å². The molecule has 0 bridgehead atoms. The Morgan fingerprint density at radius 1 is 0.667 bits per heavy atom. The van der Waals surface area contributed by atoms with Crippen LogP contribution in [0.3, 0.4) is 0 Å². The average molecular weight is 561 g/mol. The summed E-state index contributed by atoms with van der Waals surface area (Å²) in [6.45, 7) is 0. The Morgan fingerprint density at radius 3 is 1.95 bits per heavy atom. The van der Waals surface area contributed by atoms with Gasteiger partial charge in [0.2, 0.25) is 0 Å². The fraction of sp³-hybridized carbons (Fsp3) is 0.222. The van der Waals surface area contributed by atoms with Gasteiger partial charge in [0.15, 0.2) is 0 Å². The van der Waals surface area contributed by atoms with Gasteiger partial charge in [-0.25, -0.2) is 0 Å². The minimum atomic E-state index is -0.0619. The maximum absolute atomic E-state index is 12.2. The second-order valence-corrected chi connectivity index (χ2v) is 10.5. The maximum atomic E-state index is 12.2. The highest BCUT2D eigenvalue weighted by Gasteiger charge is 2.21. The number of ether oxygens (including phenoxy) is 2. The summed E-state index contributed by atoms with van der Waals surface area (Å²) >= 11 is 0. The fourth-order valence-corrected chi connectivity index (χ4v) is 5.34. The molecule has 0 fully saturated rings. The molecule has 2 N–H and O–H groups in total. The molecule has 0 aliphatic heterocycles. The van der Waals surface area contributed by atoms with Crippen LogP contribution in [0.1, 0.15) is 55.8 Å². The number of hydrogen-bond donors (Lipinski definition) is 2. The van der Waals surface area contributed by atoms with E-state index in [-0.39, 0.29) is 17.9 Å². The van der Waals surface area contributed by atoms with Gasteiger partial charge in [0.05, 0.1) is 14.2 Å². The molecule has 1 atom stereocenters. The van der Waals surface area contributed by atoms with Gasteiger partial charge in [-0.3, -0.25) is 9.59 Å². The van der Waals surface area contributed by atoms with Gasteiger partial charge in [-0.05, 0) is 109 Å². The second-order valence-electron chi connectivity index (χ2n) is 10.5. The Hall–Kier alpha value is -4.84. The van der Waals surface area contributed by atoms with Gasteiger partial charge in [-0.2, -0.15) is 0 Å². The Kier molecular flexibility index (Phi) is 9.34. The Bertz CT molecular complexity index is 1560. The third-order valence-corrected chi connectivity index (χ3v) is 7.67. The lowest BCUT2D eigenvalue weighted by Crippen LogP contribution is -2.38. The number of rotatable bonds is 6. The highest BCUT2D eigenvalue weighted by atomic mass is 16.5. The van der Waals surface area contributed by atoms with Crippen molar-refractivity contribution in [3.8, 4) is 11.5 Å². The van der Waals surface area contributed by atoms with E-state index in [0.29, 0.717) is 11.1 Å². The second kappa shape index (κ2) is 13.7. The number of carbonyl (C=O) groups excluding carboxylic acids is 2. The molecule has 214 valence electrons. The molecule has 2 aliphatic carbocycles. The minimum Gasteiger partial charge on any atom is -0.497 e. The van der Waals surface area contributed by atoms with E-state index in [0.717, 1.165) is 54.9 Å². The molecule has 4 aromatic rings. The first-order valence-electron chi connectivity index (χ1n) is 14.3. The molecule has 0 radical (unpaired) electrons. The van der Waals surface area contributed by atoms with Crippen molar-refractivity contribution in [1.82, 2.24) is 10.6 Å². The number of fused-ring (bicyclic) bond motifs is 2. The first kappa shape index (κ1) is 28.7. The third kappa shape index (κ3) is 7.26. The van der Waals surface area contributed by atoms with E-state index in [9.17, 15) is 9.59 Å². The van der Waals surface area contributed by atoms with Gasteiger partial charge >= 0.3 is 0 Å². The topological polar surface area (TPSA) is 76.7 Å². The van der Waals surface area contributed by atoms with Crippen molar-refractivity contribution in [2.75, 3.05) is 14.2 Å². The number of amides is 2. The van der Waals surface area contributed by atoms with Crippen LogP contribution in [0.15, 0.2) is 103 Å². The molecule has 0 heterocycles. The van der Waals surface area contributed by atoms with Crippen molar-refractivity contribution in [1.29, 1.82) is 0 Å². The summed E-state index contributed by atoms with van der Waals surface area (Å²) < 4.78 is 10.5. The number of methoxy groups -OCH3 is 2. The Labute approximate surface area is 247 Å². The van der Waals surface area contributed by atoms with Crippen molar-refractivity contribution in [3.05, 3.63) is 136 Å². The predicted molar refractivity (Wildman–Crippen MR) is 166 cm³/mol. The molecular formula is C36H36N2O4. The summed E-state index contributed by atoms with van der Waals surface area (Å²) in [5, 5.41) is 6.13. The minimum absolute atomic E-state index is 0.00643. The smallest absolute Gasteiger partial charge is 0.255 e. The van der Waals surface area contributed by atoms with Crippen molar-refractivity contribution in [2.24, 2.45) is 0 Å². The van der Waals surface area contributed by atoms with E-state index in [4.69, 9.17) is 9.47 Å². The fourth-order valence-electron chi connectivity index (χ4n) is 5.34. The number of hydrogen-bond acceptors (Lipinski definition) is 4. The van der Waals surface area contributed by atoms with Crippen LogP contribution in [0.5, 0.6) is 11.5 Å². The van der Waals surface area contributed by atoms with Crippen LogP contribution in [0.25, 0.3) is 6.08 Å². The Balaban J connectivity index is 0.000000168. The largest absolute Gasteiger partial charge is 0.497 e. The monoisotopic (exact) mass is 560 g/mol. The van der Waals surface area contributed by atoms with Crippen LogP contribution in [0, 0.1) is 0 Å². The number of benzene rings is 4. The molecule has 0 spiro atoms. The summed E-state index contributed by atoms with van der Waals surface area (Å²) in [4.78, 5) is 24.4. The summed E-state index contributed by atoms with van der Waals surface area (Å²) in [5.41, 5.74) is 7.38. The van der Waals surface area contributed by atoms with Crippen molar-refractivity contribution < 1.29 is 19.1 Å². The third-order valence-electron chi connectivity index (χ3n) is 7.67. The first-order chi connectivity index (χ1) is 20.5. The zero-order chi connectivity index (χ0) is 29.3. The van der Waals surface area contributed by atoms with Crippen molar-refractivity contribution >= 4 is 17.9 Å². The van der Waals surface area contributed by atoms with E-state index in [1.807, 2.05) is 84.9 Å². The van der Waals surface area contributed by atoms with Crippen LogP contribution < -0.4 is 20.1 Å². The van der Waals surface area contributed by atoms with Gasteiger partial charge in [-0.1, -0.05) is 48.5 Å². The average Bonchev–Trinajstić information content (AvgIpc) is 3.05. The van der Waals surface area contributed by atoms with Crippen LogP contribution >= 0.6 is 0 Å². The standard InChI is InChI=1S/C18H19NO2.C18H17NO2/c2*1-21-17-10-8-13-7-9-16(11-15(13)12-17)19-18(20)14-5-3-2-4-6-14/h2-6,8,10,12,16H,7,9,11H2,1H3,(H,19,20);2-6,8,10-12H,7,9H2,1H3,(H,19,20). The summed E-state index contributed by atoms with van der Waals surface area (Å²) in [7, 11) is 3.34. The molecule has 0 saturated carbocycles. The van der Waals surface area contributed by atoms with E-state index in [2.05, 4.69) is 28.8 Å². The molecule has 6 rings (SSSR count). The van der Waals surface area contributed by atoms with Crippen LogP contribution in [-0.2, 0) is 19.3 Å². The summed E-state index contributed by atoms with van der Waals surface area (Å²) in [6, 6.07) is 31.1. The zero-order valence-electron chi connectivity index (χ0n) is 24.1. The molecule has 42 heavy (non-hydrogen) atoms. The number of carbonyl (C=O) groups is 2. The number of aryl methyl sites for hydroxylation is 2. The van der Waals surface area contributed by atoms with Gasteiger partial charge in [0.25, 0.3) is 11.8 Å². The van der Waals surface area contributed by atoms with Crippen LogP contribution in [-0.4, -0.2) is 32.1 Å². The highest BCUT2D eigenvalue weighted by molar-refractivity contribution is 5.96. The Morgan fingerprint density at radius 2 is 1.29 bits per heavy atom. The lowest BCUT2D eigenvalue weighted by atomic mass is 9.88. The lowest BCUT2D eigenvalue weighted by molar-refractivity contribution is 0.0931. The molecule has 2 amide bonds. The van der Waals surface area contributed by atoms with Gasteiger partial charge in [0.1, 0.15) is 11.5 Å². The molecular weight excluding hydrogens is 524 g/mol. The molecule has 2 aliphatic rings. The molecule has 1 unspecified atom stereocenters. The number of allylic oxidation sites excluding steroid dienone is 1. The summed E-state index contributed by atoms with van der Waals surface area (Å²) in [5.74, 6) is 1.66. The van der Waals surface area contributed by atoms with E-state index >= 15 is 0 Å². The van der Waals surface area contributed by atoms with Crippen LogP contribution in [0.2, 0.25) is 0 Å². The van der Waals surface area contributed by atoms with Crippen LogP contribution in [0.4, 0.5) is 0 Å². The van der Waals surface area contributed by atoms with Crippen molar-refractivity contribution in [2.45, 2.75) is 38.1 Å². The number of nitrogens with one attached hydrogen (secondary N) is 2. The van der Waals surface area contributed by atoms with Crippen molar-refractivity contribution in [3.63, 3.8) is 0 Å². The van der Waals surface area contributed by atoms with Gasteiger partial charge in [0, 0.05) is 22.9 Å². The normalized spacial score (nSPS) is 15.0. The molecule has 0 aromatic heterocycles. The molecule has 6 heteroatoms. The highest BCUT2D eigenvalue weighted by Crippen LogP contribution is 2.27.